The van der Waals surface area contributed by atoms with Crippen LogP contribution in [0, 0.1) is 16.7 Å². The SMILES string of the molecule is CC12CC3CC(C)(C1)CC(N1CC(N)C1=O)(C3)C2. The van der Waals surface area contributed by atoms with E-state index in [9.17, 15) is 4.79 Å². The molecule has 100 valence electrons. The van der Waals surface area contributed by atoms with Gasteiger partial charge >= 0.3 is 0 Å². The van der Waals surface area contributed by atoms with Crippen molar-refractivity contribution in [1.29, 1.82) is 0 Å². The van der Waals surface area contributed by atoms with Gasteiger partial charge in [-0.25, -0.2) is 0 Å². The van der Waals surface area contributed by atoms with Gasteiger partial charge in [0, 0.05) is 12.1 Å². The van der Waals surface area contributed by atoms with Gasteiger partial charge in [-0.3, -0.25) is 4.79 Å². The van der Waals surface area contributed by atoms with Crippen LogP contribution in [0.1, 0.15) is 52.4 Å². The van der Waals surface area contributed by atoms with E-state index in [1.54, 1.807) is 0 Å². The van der Waals surface area contributed by atoms with Gasteiger partial charge in [-0.2, -0.15) is 0 Å². The van der Waals surface area contributed by atoms with E-state index in [0.717, 1.165) is 12.5 Å². The van der Waals surface area contributed by atoms with E-state index in [1.807, 2.05) is 0 Å². The summed E-state index contributed by atoms with van der Waals surface area (Å²) in [5.74, 6) is 1.06. The first-order chi connectivity index (χ1) is 8.33. The third-order valence-electron chi connectivity index (χ3n) is 6.13. The lowest BCUT2D eigenvalue weighted by atomic mass is 9.42. The minimum atomic E-state index is -0.210. The molecule has 0 spiro atoms. The van der Waals surface area contributed by atoms with Crippen molar-refractivity contribution >= 4 is 5.91 Å². The second-order valence-corrected chi connectivity index (χ2v) is 8.41. The van der Waals surface area contributed by atoms with E-state index in [-0.39, 0.29) is 17.5 Å². The average molecular weight is 248 g/mol. The zero-order valence-corrected chi connectivity index (χ0v) is 11.5. The van der Waals surface area contributed by atoms with Crippen LogP contribution in [0.25, 0.3) is 0 Å². The molecule has 5 rings (SSSR count). The summed E-state index contributed by atoms with van der Waals surface area (Å²) in [4.78, 5) is 14.2. The predicted molar refractivity (Wildman–Crippen MR) is 69.8 cm³/mol. The molecule has 3 nitrogen and oxygen atoms in total. The van der Waals surface area contributed by atoms with Crippen LogP contribution < -0.4 is 5.73 Å². The Morgan fingerprint density at radius 2 is 1.72 bits per heavy atom. The maximum atomic E-state index is 12.1. The van der Waals surface area contributed by atoms with Gasteiger partial charge in [-0.15, -0.1) is 0 Å². The Kier molecular flexibility index (Phi) is 1.85. The molecule has 0 aromatic carbocycles. The molecule has 1 heterocycles. The molecule has 3 atom stereocenters. The van der Waals surface area contributed by atoms with Crippen molar-refractivity contribution in [3.8, 4) is 0 Å². The standard InChI is InChI=1S/C15H24N2O/c1-13-3-10-4-14(2,7-13)9-15(5-10,8-13)17-6-11(16)12(17)18/h10-11H,3-9,16H2,1-2H3. The third kappa shape index (κ3) is 1.26. The lowest BCUT2D eigenvalue weighted by Crippen LogP contribution is -2.74. The van der Waals surface area contributed by atoms with Gasteiger partial charge in [0.15, 0.2) is 0 Å². The Morgan fingerprint density at radius 3 is 2.17 bits per heavy atom. The molecule has 4 aliphatic carbocycles. The fraction of sp³-hybridized carbons (Fsp3) is 0.933. The third-order valence-corrected chi connectivity index (χ3v) is 6.13. The lowest BCUT2D eigenvalue weighted by molar-refractivity contribution is -0.190. The molecule has 3 unspecified atom stereocenters. The Morgan fingerprint density at radius 1 is 1.11 bits per heavy atom. The number of hydrogen-bond acceptors (Lipinski definition) is 2. The van der Waals surface area contributed by atoms with Crippen molar-refractivity contribution in [2.75, 3.05) is 6.54 Å². The van der Waals surface area contributed by atoms with Crippen molar-refractivity contribution in [3.63, 3.8) is 0 Å². The summed E-state index contributed by atoms with van der Waals surface area (Å²) >= 11 is 0. The van der Waals surface area contributed by atoms with Crippen LogP contribution in [0.2, 0.25) is 0 Å². The van der Waals surface area contributed by atoms with Crippen LogP contribution >= 0.6 is 0 Å². The summed E-state index contributed by atoms with van der Waals surface area (Å²) in [6.07, 6.45) is 7.84. The van der Waals surface area contributed by atoms with E-state index in [1.165, 1.54) is 38.5 Å². The Balaban J connectivity index is 1.72. The number of rotatable bonds is 1. The summed E-state index contributed by atoms with van der Waals surface area (Å²) < 4.78 is 0. The maximum Gasteiger partial charge on any atom is 0.241 e. The second-order valence-electron chi connectivity index (χ2n) is 8.41. The fourth-order valence-corrected chi connectivity index (χ4v) is 6.57. The van der Waals surface area contributed by atoms with Gasteiger partial charge < -0.3 is 10.6 Å². The zero-order valence-electron chi connectivity index (χ0n) is 11.5. The van der Waals surface area contributed by atoms with Crippen molar-refractivity contribution in [3.05, 3.63) is 0 Å². The maximum absolute atomic E-state index is 12.1. The van der Waals surface area contributed by atoms with Gasteiger partial charge in [0.1, 0.15) is 6.04 Å². The zero-order chi connectivity index (χ0) is 12.8. The number of hydrogen-bond donors (Lipinski definition) is 1. The molecule has 3 heteroatoms. The van der Waals surface area contributed by atoms with Crippen molar-refractivity contribution < 1.29 is 4.79 Å². The molecule has 0 aromatic heterocycles. The van der Waals surface area contributed by atoms with Gasteiger partial charge in [0.2, 0.25) is 5.91 Å². The Hall–Kier alpha value is -0.570. The molecular weight excluding hydrogens is 224 g/mol. The molecule has 1 saturated heterocycles. The van der Waals surface area contributed by atoms with Crippen LogP contribution in [0.4, 0.5) is 0 Å². The van der Waals surface area contributed by atoms with Gasteiger partial charge in [0.25, 0.3) is 0 Å². The molecule has 5 fully saturated rings. The predicted octanol–water partition coefficient (Wildman–Crippen LogP) is 1.90. The number of carbonyl (C=O) groups is 1. The quantitative estimate of drug-likeness (QED) is 0.720. The Bertz CT molecular complexity index is 414. The van der Waals surface area contributed by atoms with Gasteiger partial charge in [0.05, 0.1) is 0 Å². The van der Waals surface area contributed by atoms with E-state index in [4.69, 9.17) is 5.73 Å². The fourth-order valence-electron chi connectivity index (χ4n) is 6.57. The average Bonchev–Trinajstić information content (AvgIpc) is 2.20. The molecule has 0 aromatic rings. The molecule has 0 radical (unpaired) electrons. The normalized spacial score (nSPS) is 57.9. The van der Waals surface area contributed by atoms with Crippen molar-refractivity contribution in [1.82, 2.24) is 4.90 Å². The highest BCUT2D eigenvalue weighted by Crippen LogP contribution is 2.68. The van der Waals surface area contributed by atoms with E-state index >= 15 is 0 Å². The highest BCUT2D eigenvalue weighted by Gasteiger charge is 2.64. The molecule has 1 amide bonds. The number of amides is 1. The van der Waals surface area contributed by atoms with E-state index in [2.05, 4.69) is 18.7 Å². The first kappa shape index (κ1) is 11.3. The van der Waals surface area contributed by atoms with Crippen molar-refractivity contribution in [2.45, 2.75) is 64.0 Å². The summed E-state index contributed by atoms with van der Waals surface area (Å²) in [5.41, 5.74) is 6.94. The molecule has 1 aliphatic heterocycles. The van der Waals surface area contributed by atoms with Gasteiger partial charge in [-0.1, -0.05) is 13.8 Å². The Labute approximate surface area is 109 Å². The van der Waals surface area contributed by atoms with Crippen LogP contribution in [-0.4, -0.2) is 28.9 Å². The summed E-state index contributed by atoms with van der Waals surface area (Å²) in [6.45, 7) is 5.71. The first-order valence-electron chi connectivity index (χ1n) is 7.40. The highest BCUT2D eigenvalue weighted by atomic mass is 16.2. The lowest BCUT2D eigenvalue weighted by Gasteiger charge is -2.69. The second kappa shape index (κ2) is 2.95. The number of carbonyl (C=O) groups excluding carboxylic acids is 1. The van der Waals surface area contributed by atoms with Crippen LogP contribution in [0.15, 0.2) is 0 Å². The van der Waals surface area contributed by atoms with Gasteiger partial charge in [-0.05, 0) is 55.3 Å². The highest BCUT2D eigenvalue weighted by molar-refractivity contribution is 5.88. The minimum Gasteiger partial charge on any atom is -0.333 e. The summed E-state index contributed by atoms with van der Waals surface area (Å²) in [7, 11) is 0. The van der Waals surface area contributed by atoms with E-state index in [0.29, 0.717) is 10.8 Å². The van der Waals surface area contributed by atoms with Crippen LogP contribution in [-0.2, 0) is 4.79 Å². The topological polar surface area (TPSA) is 46.3 Å². The molecule has 4 bridgehead atoms. The smallest absolute Gasteiger partial charge is 0.241 e. The summed E-state index contributed by atoms with van der Waals surface area (Å²) in [6, 6.07) is -0.210. The first-order valence-corrected chi connectivity index (χ1v) is 7.40. The number of β-lactam (4-membered cyclic amide) rings is 1. The number of nitrogens with two attached hydrogens (primary N) is 1. The van der Waals surface area contributed by atoms with Crippen LogP contribution in [0.3, 0.4) is 0 Å². The van der Waals surface area contributed by atoms with E-state index < -0.39 is 0 Å². The molecule has 18 heavy (non-hydrogen) atoms. The number of nitrogens with zero attached hydrogens (tertiary/aromatic N) is 1. The molecular formula is C15H24N2O. The largest absolute Gasteiger partial charge is 0.333 e. The van der Waals surface area contributed by atoms with Crippen LogP contribution in [0.5, 0.6) is 0 Å². The number of likely N-dealkylation sites (tertiary alicyclic amines) is 1. The minimum absolute atomic E-state index is 0.176. The monoisotopic (exact) mass is 248 g/mol. The molecule has 4 saturated carbocycles. The molecule has 2 N–H and O–H groups in total. The molecule has 5 aliphatic rings. The van der Waals surface area contributed by atoms with Crippen molar-refractivity contribution in [2.24, 2.45) is 22.5 Å². The summed E-state index contributed by atoms with van der Waals surface area (Å²) in [5, 5.41) is 0.